The van der Waals surface area contributed by atoms with Gasteiger partial charge in [-0.2, -0.15) is 0 Å². The van der Waals surface area contributed by atoms with Crippen molar-refractivity contribution in [2.24, 2.45) is 0 Å². The monoisotopic (exact) mass is 219 g/mol. The number of unbranched alkanes of at least 4 members (excludes halogenated alkanes) is 3. The third-order valence-corrected chi connectivity index (χ3v) is 2.96. The molecule has 0 aromatic heterocycles. The van der Waals surface area contributed by atoms with Crippen molar-refractivity contribution in [2.45, 2.75) is 52.5 Å². The molecule has 0 aliphatic heterocycles. The highest BCUT2D eigenvalue weighted by Crippen LogP contribution is 2.17. The lowest BCUT2D eigenvalue weighted by Crippen LogP contribution is -2.31. The third-order valence-electron chi connectivity index (χ3n) is 2.96. The van der Waals surface area contributed by atoms with Crippen LogP contribution in [-0.4, -0.2) is 12.6 Å². The first-order valence-electron chi connectivity index (χ1n) is 6.57. The van der Waals surface area contributed by atoms with E-state index in [1.54, 1.807) is 0 Å². The lowest BCUT2D eigenvalue weighted by atomic mass is 10.1. The molecule has 0 bridgehead atoms. The number of nitrogens with zero attached hydrogens (tertiary/aromatic N) is 1. The smallest absolute Gasteiger partial charge is 0.0368 e. The summed E-state index contributed by atoms with van der Waals surface area (Å²) in [4.78, 5) is 2.50. The molecule has 1 aromatic carbocycles. The molecule has 0 spiro atoms. The quantitative estimate of drug-likeness (QED) is 0.611. The molecule has 0 atom stereocenters. The number of benzene rings is 1. The van der Waals surface area contributed by atoms with Gasteiger partial charge in [0.2, 0.25) is 0 Å². The van der Waals surface area contributed by atoms with Gasteiger partial charge in [0.25, 0.3) is 0 Å². The Morgan fingerprint density at radius 2 is 1.69 bits per heavy atom. The van der Waals surface area contributed by atoms with Crippen molar-refractivity contribution in [1.29, 1.82) is 0 Å². The summed E-state index contributed by atoms with van der Waals surface area (Å²) in [6.07, 6.45) is 5.33. The predicted molar refractivity (Wildman–Crippen MR) is 73.1 cm³/mol. The summed E-state index contributed by atoms with van der Waals surface area (Å²) in [6, 6.07) is 11.3. The summed E-state index contributed by atoms with van der Waals surface area (Å²) in [5.74, 6) is 0. The lowest BCUT2D eigenvalue weighted by molar-refractivity contribution is 0.608. The first-order chi connectivity index (χ1) is 7.75. The maximum absolute atomic E-state index is 2.50. The number of hydrogen-bond acceptors (Lipinski definition) is 1. The van der Waals surface area contributed by atoms with Gasteiger partial charge in [-0.1, -0.05) is 44.4 Å². The minimum absolute atomic E-state index is 0.587. The van der Waals surface area contributed by atoms with Crippen LogP contribution in [0.3, 0.4) is 0 Å². The fraction of sp³-hybridized carbons (Fsp3) is 0.600. The van der Waals surface area contributed by atoms with Crippen molar-refractivity contribution >= 4 is 5.69 Å². The first kappa shape index (κ1) is 13.1. The first-order valence-corrected chi connectivity index (χ1v) is 6.57. The van der Waals surface area contributed by atoms with E-state index < -0.39 is 0 Å². The third kappa shape index (κ3) is 4.26. The van der Waals surface area contributed by atoms with Gasteiger partial charge in [-0.3, -0.25) is 0 Å². The van der Waals surface area contributed by atoms with Gasteiger partial charge < -0.3 is 4.90 Å². The van der Waals surface area contributed by atoms with E-state index in [2.05, 4.69) is 56.0 Å². The molecule has 0 fully saturated rings. The van der Waals surface area contributed by atoms with Crippen LogP contribution in [0.1, 0.15) is 46.5 Å². The Kier molecular flexibility index (Phi) is 5.99. The van der Waals surface area contributed by atoms with Crippen LogP contribution in [0, 0.1) is 0 Å². The van der Waals surface area contributed by atoms with Gasteiger partial charge >= 0.3 is 0 Å². The molecule has 0 saturated carbocycles. The van der Waals surface area contributed by atoms with Gasteiger partial charge in [0.15, 0.2) is 0 Å². The fourth-order valence-electron chi connectivity index (χ4n) is 2.01. The Bertz CT molecular complexity index is 266. The molecule has 1 nitrogen and oxygen atoms in total. The zero-order chi connectivity index (χ0) is 11.8. The molecule has 0 heterocycles. The van der Waals surface area contributed by atoms with Crippen molar-refractivity contribution in [1.82, 2.24) is 0 Å². The van der Waals surface area contributed by atoms with Crippen molar-refractivity contribution in [3.05, 3.63) is 30.3 Å². The Labute approximate surface area is 100 Å². The second-order valence-corrected chi connectivity index (χ2v) is 4.68. The zero-order valence-corrected chi connectivity index (χ0v) is 10.9. The molecule has 0 N–H and O–H groups in total. The van der Waals surface area contributed by atoms with Crippen molar-refractivity contribution in [3.63, 3.8) is 0 Å². The van der Waals surface area contributed by atoms with Crippen LogP contribution < -0.4 is 4.90 Å². The van der Waals surface area contributed by atoms with Gasteiger partial charge in [0.05, 0.1) is 0 Å². The highest BCUT2D eigenvalue weighted by Gasteiger charge is 2.08. The normalized spacial score (nSPS) is 10.8. The van der Waals surface area contributed by atoms with E-state index in [1.165, 1.54) is 37.9 Å². The molecule has 0 saturated heterocycles. The van der Waals surface area contributed by atoms with Crippen molar-refractivity contribution in [3.8, 4) is 0 Å². The topological polar surface area (TPSA) is 3.24 Å². The van der Waals surface area contributed by atoms with Gasteiger partial charge in [-0.25, -0.2) is 0 Å². The summed E-state index contributed by atoms with van der Waals surface area (Å²) < 4.78 is 0. The summed E-state index contributed by atoms with van der Waals surface area (Å²) in [6.45, 7) is 7.98. The number of hydrogen-bond donors (Lipinski definition) is 0. The molecule has 90 valence electrons. The van der Waals surface area contributed by atoms with E-state index in [0.717, 1.165) is 0 Å². The summed E-state index contributed by atoms with van der Waals surface area (Å²) in [5.41, 5.74) is 1.36. The molecule has 0 amide bonds. The van der Waals surface area contributed by atoms with Crippen LogP contribution in [0.5, 0.6) is 0 Å². The Hall–Kier alpha value is -0.980. The molecule has 16 heavy (non-hydrogen) atoms. The number of para-hydroxylation sites is 1. The Morgan fingerprint density at radius 3 is 2.25 bits per heavy atom. The van der Waals surface area contributed by atoms with Crippen LogP contribution >= 0.6 is 0 Å². The molecular weight excluding hydrogens is 194 g/mol. The van der Waals surface area contributed by atoms with Crippen LogP contribution in [0.2, 0.25) is 0 Å². The maximum Gasteiger partial charge on any atom is 0.0368 e. The number of anilines is 1. The molecular formula is C15H25N. The second-order valence-electron chi connectivity index (χ2n) is 4.68. The van der Waals surface area contributed by atoms with Gasteiger partial charge in [-0.15, -0.1) is 0 Å². The van der Waals surface area contributed by atoms with Crippen LogP contribution in [0.15, 0.2) is 30.3 Å². The SMILES string of the molecule is CCCCCCN(c1ccccc1)C(C)C. The van der Waals surface area contributed by atoms with Gasteiger partial charge in [0.1, 0.15) is 0 Å². The van der Waals surface area contributed by atoms with E-state index in [0.29, 0.717) is 6.04 Å². The van der Waals surface area contributed by atoms with E-state index in [9.17, 15) is 0 Å². The highest BCUT2D eigenvalue weighted by atomic mass is 15.1. The molecule has 1 heteroatoms. The van der Waals surface area contributed by atoms with E-state index in [1.807, 2.05) is 0 Å². The van der Waals surface area contributed by atoms with E-state index in [4.69, 9.17) is 0 Å². The average Bonchev–Trinajstić information content (AvgIpc) is 2.30. The van der Waals surface area contributed by atoms with Gasteiger partial charge in [-0.05, 0) is 32.4 Å². The van der Waals surface area contributed by atoms with Crippen LogP contribution in [-0.2, 0) is 0 Å². The Morgan fingerprint density at radius 1 is 1.00 bits per heavy atom. The summed E-state index contributed by atoms with van der Waals surface area (Å²) >= 11 is 0. The molecule has 1 rings (SSSR count). The molecule has 0 aliphatic rings. The predicted octanol–water partition coefficient (Wildman–Crippen LogP) is 4.48. The minimum Gasteiger partial charge on any atom is -0.369 e. The minimum atomic E-state index is 0.587. The standard InChI is InChI=1S/C15H25N/c1-4-5-6-10-13-16(14(2)3)15-11-8-7-9-12-15/h7-9,11-12,14H,4-6,10,13H2,1-3H3. The van der Waals surface area contributed by atoms with Crippen LogP contribution in [0.25, 0.3) is 0 Å². The van der Waals surface area contributed by atoms with Crippen LogP contribution in [0.4, 0.5) is 5.69 Å². The second kappa shape index (κ2) is 7.32. The van der Waals surface area contributed by atoms with Crippen molar-refractivity contribution in [2.75, 3.05) is 11.4 Å². The number of rotatable bonds is 7. The highest BCUT2D eigenvalue weighted by molar-refractivity contribution is 5.46. The molecule has 0 unspecified atom stereocenters. The largest absolute Gasteiger partial charge is 0.369 e. The average molecular weight is 219 g/mol. The summed E-state index contributed by atoms with van der Waals surface area (Å²) in [5, 5.41) is 0. The molecule has 1 aromatic rings. The van der Waals surface area contributed by atoms with Crippen molar-refractivity contribution < 1.29 is 0 Å². The summed E-state index contributed by atoms with van der Waals surface area (Å²) in [7, 11) is 0. The van der Waals surface area contributed by atoms with E-state index >= 15 is 0 Å². The molecule has 0 radical (unpaired) electrons. The zero-order valence-electron chi connectivity index (χ0n) is 10.9. The van der Waals surface area contributed by atoms with Gasteiger partial charge in [0, 0.05) is 18.3 Å². The maximum atomic E-state index is 2.50. The lowest BCUT2D eigenvalue weighted by Gasteiger charge is -2.29. The fourth-order valence-corrected chi connectivity index (χ4v) is 2.01. The Balaban J connectivity index is 2.49. The van der Waals surface area contributed by atoms with E-state index in [-0.39, 0.29) is 0 Å². The molecule has 0 aliphatic carbocycles.